The van der Waals surface area contributed by atoms with Gasteiger partial charge >= 0.3 is 5.63 Å². The molecule has 1 amide bonds. The molecule has 31 heavy (non-hydrogen) atoms. The highest BCUT2D eigenvalue weighted by molar-refractivity contribution is 5.95. The van der Waals surface area contributed by atoms with E-state index in [4.69, 9.17) is 13.9 Å². The van der Waals surface area contributed by atoms with E-state index in [0.29, 0.717) is 28.3 Å². The molecule has 0 saturated heterocycles. The van der Waals surface area contributed by atoms with Crippen LogP contribution in [0.2, 0.25) is 0 Å². The van der Waals surface area contributed by atoms with Gasteiger partial charge in [-0.15, -0.1) is 0 Å². The van der Waals surface area contributed by atoms with Crippen LogP contribution < -0.4 is 20.4 Å². The van der Waals surface area contributed by atoms with E-state index in [1.807, 2.05) is 43.3 Å². The van der Waals surface area contributed by atoms with Gasteiger partial charge in [0.25, 0.3) is 5.91 Å². The Morgan fingerprint density at radius 3 is 2.52 bits per heavy atom. The van der Waals surface area contributed by atoms with E-state index in [1.165, 1.54) is 6.07 Å². The SMILES string of the molecule is COc1cccc(NC(=O)[C@H](Oc2ccc3c(C)cc(=O)oc3c2)c2ccccc2)c1. The molecule has 1 heterocycles. The van der Waals surface area contributed by atoms with Crippen LogP contribution in [0.3, 0.4) is 0 Å². The lowest BCUT2D eigenvalue weighted by Crippen LogP contribution is -2.25. The van der Waals surface area contributed by atoms with Gasteiger partial charge in [0.05, 0.1) is 7.11 Å². The lowest BCUT2D eigenvalue weighted by atomic mass is 10.1. The topological polar surface area (TPSA) is 77.8 Å². The Balaban J connectivity index is 1.66. The molecule has 0 aliphatic heterocycles. The third kappa shape index (κ3) is 4.59. The maximum atomic E-state index is 13.1. The Morgan fingerprint density at radius 2 is 1.74 bits per heavy atom. The first-order valence-electron chi connectivity index (χ1n) is 9.74. The Labute approximate surface area is 179 Å². The van der Waals surface area contributed by atoms with Crippen LogP contribution in [0, 0.1) is 6.92 Å². The number of aryl methyl sites for hydroxylation is 1. The number of rotatable bonds is 6. The average molecular weight is 415 g/mol. The molecule has 0 spiro atoms. The maximum absolute atomic E-state index is 13.1. The molecular formula is C25H21NO5. The first-order valence-corrected chi connectivity index (χ1v) is 9.74. The first kappa shape index (κ1) is 20.2. The molecule has 4 rings (SSSR count). The van der Waals surface area contributed by atoms with Gasteiger partial charge in [0.1, 0.15) is 17.1 Å². The van der Waals surface area contributed by atoms with Crippen molar-refractivity contribution >= 4 is 22.6 Å². The molecule has 3 aromatic carbocycles. The number of hydrogen-bond acceptors (Lipinski definition) is 5. The van der Waals surface area contributed by atoms with Gasteiger partial charge < -0.3 is 19.2 Å². The fourth-order valence-electron chi connectivity index (χ4n) is 3.32. The van der Waals surface area contributed by atoms with E-state index >= 15 is 0 Å². The van der Waals surface area contributed by atoms with Crippen molar-refractivity contribution in [1.82, 2.24) is 0 Å². The number of ether oxygens (including phenoxy) is 2. The van der Waals surface area contributed by atoms with Crippen molar-refractivity contribution in [1.29, 1.82) is 0 Å². The Hall–Kier alpha value is -4.06. The molecule has 0 aliphatic carbocycles. The number of carbonyl (C=O) groups excluding carboxylic acids is 1. The summed E-state index contributed by atoms with van der Waals surface area (Å²) in [7, 11) is 1.57. The predicted molar refractivity (Wildman–Crippen MR) is 119 cm³/mol. The Morgan fingerprint density at radius 1 is 0.935 bits per heavy atom. The van der Waals surface area contributed by atoms with Crippen LogP contribution in [0.25, 0.3) is 11.0 Å². The van der Waals surface area contributed by atoms with Gasteiger partial charge in [-0.25, -0.2) is 4.79 Å². The zero-order valence-electron chi connectivity index (χ0n) is 17.1. The van der Waals surface area contributed by atoms with Crippen LogP contribution in [0.4, 0.5) is 5.69 Å². The average Bonchev–Trinajstić information content (AvgIpc) is 2.77. The number of carbonyl (C=O) groups is 1. The minimum Gasteiger partial charge on any atom is -0.497 e. The monoisotopic (exact) mass is 415 g/mol. The van der Waals surface area contributed by atoms with Gasteiger partial charge in [-0.05, 0) is 36.8 Å². The fraction of sp³-hybridized carbons (Fsp3) is 0.120. The minimum absolute atomic E-state index is 0.342. The highest BCUT2D eigenvalue weighted by Crippen LogP contribution is 2.28. The largest absolute Gasteiger partial charge is 0.497 e. The molecule has 0 radical (unpaired) electrons. The van der Waals surface area contributed by atoms with Gasteiger partial charge in [-0.1, -0.05) is 36.4 Å². The smallest absolute Gasteiger partial charge is 0.336 e. The molecule has 6 heteroatoms. The molecule has 0 saturated carbocycles. The van der Waals surface area contributed by atoms with E-state index in [9.17, 15) is 9.59 Å². The Bertz CT molecular complexity index is 1280. The molecule has 0 aliphatic rings. The van der Waals surface area contributed by atoms with E-state index in [1.54, 1.807) is 43.5 Å². The normalized spacial score (nSPS) is 11.7. The van der Waals surface area contributed by atoms with Crippen LogP contribution >= 0.6 is 0 Å². The van der Waals surface area contributed by atoms with Crippen LogP contribution in [-0.2, 0) is 4.79 Å². The number of hydrogen-bond donors (Lipinski definition) is 1. The molecule has 6 nitrogen and oxygen atoms in total. The number of fused-ring (bicyclic) bond motifs is 1. The molecule has 0 bridgehead atoms. The zero-order chi connectivity index (χ0) is 21.8. The summed E-state index contributed by atoms with van der Waals surface area (Å²) in [5, 5.41) is 3.68. The van der Waals surface area contributed by atoms with Gasteiger partial charge in [-0.3, -0.25) is 4.79 Å². The van der Waals surface area contributed by atoms with Crippen molar-refractivity contribution in [2.75, 3.05) is 12.4 Å². The molecule has 1 atom stereocenters. The fourth-order valence-corrected chi connectivity index (χ4v) is 3.32. The van der Waals surface area contributed by atoms with Crippen LogP contribution in [0.5, 0.6) is 11.5 Å². The van der Waals surface area contributed by atoms with Crippen LogP contribution in [0.15, 0.2) is 88.1 Å². The molecule has 1 aromatic heterocycles. The lowest BCUT2D eigenvalue weighted by molar-refractivity contribution is -0.123. The second kappa shape index (κ2) is 8.75. The van der Waals surface area contributed by atoms with Gasteiger partial charge in [0.2, 0.25) is 6.10 Å². The molecule has 0 fully saturated rings. The van der Waals surface area contributed by atoms with E-state index in [-0.39, 0.29) is 5.91 Å². The maximum Gasteiger partial charge on any atom is 0.336 e. The zero-order valence-corrected chi connectivity index (χ0v) is 17.1. The molecule has 4 aromatic rings. The number of anilines is 1. The summed E-state index contributed by atoms with van der Waals surface area (Å²) in [6.45, 7) is 1.84. The van der Waals surface area contributed by atoms with Crippen LogP contribution in [-0.4, -0.2) is 13.0 Å². The summed E-state index contributed by atoms with van der Waals surface area (Å²) < 4.78 is 16.6. The lowest BCUT2D eigenvalue weighted by Gasteiger charge is -2.19. The summed E-state index contributed by atoms with van der Waals surface area (Å²) in [5.41, 5.74) is 2.07. The standard InChI is InChI=1S/C25H21NO5/c1-16-13-23(27)31-22-15-20(11-12-21(16)22)30-24(17-7-4-3-5-8-17)25(28)26-18-9-6-10-19(14-18)29-2/h3-15,24H,1-2H3,(H,26,28)/t24-/m1/s1. The van der Waals surface area contributed by atoms with Crippen molar-refractivity contribution in [2.24, 2.45) is 0 Å². The number of amides is 1. The van der Waals surface area contributed by atoms with E-state index in [0.717, 1.165) is 10.9 Å². The van der Waals surface area contributed by atoms with Crippen LogP contribution in [0.1, 0.15) is 17.2 Å². The minimum atomic E-state index is -0.915. The third-order valence-corrected chi connectivity index (χ3v) is 4.85. The second-order valence-corrected chi connectivity index (χ2v) is 7.04. The van der Waals surface area contributed by atoms with E-state index < -0.39 is 11.7 Å². The molecule has 156 valence electrons. The van der Waals surface area contributed by atoms with Gasteiger partial charge in [-0.2, -0.15) is 0 Å². The summed E-state index contributed by atoms with van der Waals surface area (Å²) in [6, 6.07) is 22.9. The number of benzene rings is 3. The van der Waals surface area contributed by atoms with Gasteiger partial charge in [0, 0.05) is 34.8 Å². The third-order valence-electron chi connectivity index (χ3n) is 4.85. The summed E-state index contributed by atoms with van der Waals surface area (Å²) in [5.74, 6) is 0.705. The predicted octanol–water partition coefficient (Wildman–Crippen LogP) is 4.87. The summed E-state index contributed by atoms with van der Waals surface area (Å²) >= 11 is 0. The highest BCUT2D eigenvalue weighted by atomic mass is 16.5. The van der Waals surface area contributed by atoms with E-state index in [2.05, 4.69) is 5.32 Å². The molecule has 0 unspecified atom stereocenters. The number of methoxy groups -OCH3 is 1. The quantitative estimate of drug-likeness (QED) is 0.455. The van der Waals surface area contributed by atoms with Crippen molar-refractivity contribution in [2.45, 2.75) is 13.0 Å². The van der Waals surface area contributed by atoms with Crippen molar-refractivity contribution in [3.63, 3.8) is 0 Å². The highest BCUT2D eigenvalue weighted by Gasteiger charge is 2.23. The molecular weight excluding hydrogens is 394 g/mol. The van der Waals surface area contributed by atoms with Gasteiger partial charge in [0.15, 0.2) is 0 Å². The number of nitrogens with one attached hydrogen (secondary N) is 1. The second-order valence-electron chi connectivity index (χ2n) is 7.04. The summed E-state index contributed by atoms with van der Waals surface area (Å²) in [6.07, 6.45) is -0.915. The summed E-state index contributed by atoms with van der Waals surface area (Å²) in [4.78, 5) is 24.9. The van der Waals surface area contributed by atoms with Crippen molar-refractivity contribution in [3.8, 4) is 11.5 Å². The van der Waals surface area contributed by atoms with Crippen molar-refractivity contribution in [3.05, 3.63) is 100 Å². The Kier molecular flexibility index (Phi) is 5.71. The molecule has 1 N–H and O–H groups in total. The van der Waals surface area contributed by atoms with Crippen molar-refractivity contribution < 1.29 is 18.7 Å². The first-order chi connectivity index (χ1) is 15.0.